The number of aliphatic hydroxyl groups is 1. The molecule has 2 aromatic carbocycles. The molecule has 3 aromatic rings. The summed E-state index contributed by atoms with van der Waals surface area (Å²) in [6, 6.07) is 13.1. The summed E-state index contributed by atoms with van der Waals surface area (Å²) >= 11 is 0. The van der Waals surface area contributed by atoms with E-state index in [0.717, 1.165) is 53.8 Å². The fraction of sp³-hybridized carbons (Fsp3) is 0.528. The summed E-state index contributed by atoms with van der Waals surface area (Å²) in [5.74, 6) is 2.41. The highest BCUT2D eigenvalue weighted by molar-refractivity contribution is 7.86. The number of benzene rings is 2. The topological polar surface area (TPSA) is 136 Å². The minimum atomic E-state index is -1.67. The van der Waals surface area contributed by atoms with E-state index < -0.39 is 11.0 Å². The number of aliphatic hydroxyl groups excluding tert-OH is 1. The van der Waals surface area contributed by atoms with Gasteiger partial charge in [-0.3, -0.25) is 9.52 Å². The highest BCUT2D eigenvalue weighted by Crippen LogP contribution is 2.37. The first kappa shape index (κ1) is 38.8. The second-order valence-electron chi connectivity index (χ2n) is 12.3. The van der Waals surface area contributed by atoms with Crippen LogP contribution in [0.2, 0.25) is 0 Å². The Balaban J connectivity index is 0.00000177. The summed E-state index contributed by atoms with van der Waals surface area (Å²) in [6.07, 6.45) is 4.22. The van der Waals surface area contributed by atoms with Gasteiger partial charge in [0.15, 0.2) is 11.0 Å². The van der Waals surface area contributed by atoms with Crippen LogP contribution in [0, 0.1) is 38.5 Å². The lowest BCUT2D eigenvalue weighted by molar-refractivity contribution is 0.0529. The third-order valence-corrected chi connectivity index (χ3v) is 9.46. The number of carbonyl (C=O) groups excluding carboxylic acids is 1. The molecule has 4 bridgehead atoms. The number of aromatic nitrogens is 2. The van der Waals surface area contributed by atoms with Crippen LogP contribution in [-0.4, -0.2) is 61.9 Å². The third kappa shape index (κ3) is 9.36. The molecule has 0 radical (unpaired) electrons. The van der Waals surface area contributed by atoms with Crippen LogP contribution < -0.4 is 9.46 Å². The molecule has 2 heterocycles. The van der Waals surface area contributed by atoms with Crippen molar-refractivity contribution in [3.05, 3.63) is 64.7 Å². The number of carbonyl (C=O) groups is 1. The van der Waals surface area contributed by atoms with E-state index in [0.29, 0.717) is 41.3 Å². The molecule has 1 aromatic heterocycles. The molecule has 2 atom stereocenters. The molecule has 9 nitrogen and oxygen atoms in total. The van der Waals surface area contributed by atoms with Crippen LogP contribution in [0.1, 0.15) is 88.8 Å². The average Bonchev–Trinajstić information content (AvgIpc) is 3.01. The fourth-order valence-corrected chi connectivity index (χ4v) is 7.06. The molecule has 1 saturated carbocycles. The van der Waals surface area contributed by atoms with Crippen molar-refractivity contribution in [1.29, 1.82) is 0 Å². The lowest BCUT2D eigenvalue weighted by Crippen LogP contribution is -2.46. The van der Waals surface area contributed by atoms with Gasteiger partial charge in [0.25, 0.3) is 5.91 Å². The quantitative estimate of drug-likeness (QED) is 0.295. The smallest absolute Gasteiger partial charge is 0.254 e. The minimum absolute atomic E-state index is 0. The van der Waals surface area contributed by atoms with Crippen LogP contribution in [0.25, 0.3) is 11.3 Å². The molecule has 0 saturated heterocycles. The first-order valence-electron chi connectivity index (χ1n) is 16.2. The lowest BCUT2D eigenvalue weighted by atomic mass is 9.74. The van der Waals surface area contributed by atoms with Crippen molar-refractivity contribution in [3.8, 4) is 17.1 Å². The van der Waals surface area contributed by atoms with Crippen LogP contribution in [0.3, 0.4) is 0 Å². The molecule has 2 aliphatic rings. The number of ether oxygens (including phenoxy) is 1. The number of anilines is 1. The monoisotopic (exact) mass is 656 g/mol. The number of aryl methyl sites for hydroxylation is 2. The van der Waals surface area contributed by atoms with Gasteiger partial charge in [-0.1, -0.05) is 58.9 Å². The van der Waals surface area contributed by atoms with Crippen molar-refractivity contribution in [2.75, 3.05) is 25.0 Å². The highest BCUT2D eigenvalue weighted by Gasteiger charge is 2.31. The van der Waals surface area contributed by atoms with E-state index in [2.05, 4.69) is 51.5 Å². The normalized spacial score (nSPS) is 20.4. The van der Waals surface area contributed by atoms with Gasteiger partial charge in [-0.25, -0.2) is 9.19 Å². The van der Waals surface area contributed by atoms with Gasteiger partial charge in [0.1, 0.15) is 6.61 Å². The second-order valence-corrected chi connectivity index (χ2v) is 13.5. The maximum Gasteiger partial charge on any atom is 0.254 e. The van der Waals surface area contributed by atoms with E-state index in [1.165, 1.54) is 12.8 Å². The zero-order valence-electron chi connectivity index (χ0n) is 29.0. The number of hydrogen-bond donors (Lipinski definition) is 2. The molecule has 1 aliphatic heterocycles. The molecular weight excluding hydrogens is 600 g/mol. The molecule has 256 valence electrons. The largest absolute Gasteiger partial charge is 0.475 e. The van der Waals surface area contributed by atoms with Crippen LogP contribution in [0.5, 0.6) is 5.88 Å². The van der Waals surface area contributed by atoms with Gasteiger partial charge in [0.05, 0.1) is 16.6 Å². The van der Waals surface area contributed by atoms with Gasteiger partial charge in [0, 0.05) is 31.8 Å². The molecule has 1 unspecified atom stereocenters. The molecule has 0 spiro atoms. The van der Waals surface area contributed by atoms with Crippen molar-refractivity contribution in [1.82, 2.24) is 14.9 Å². The van der Waals surface area contributed by atoms with Crippen molar-refractivity contribution >= 4 is 22.8 Å². The maximum atomic E-state index is 14.1. The first-order chi connectivity index (χ1) is 21.6. The van der Waals surface area contributed by atoms with Crippen LogP contribution in [0.4, 0.5) is 5.95 Å². The highest BCUT2D eigenvalue weighted by atomic mass is 32.2. The van der Waals surface area contributed by atoms with E-state index >= 15 is 0 Å². The Bertz CT molecular complexity index is 1450. The van der Waals surface area contributed by atoms with Crippen molar-refractivity contribution < 1.29 is 25.7 Å². The molecule has 1 fully saturated rings. The Kier molecular flexibility index (Phi) is 15.3. The van der Waals surface area contributed by atoms with Gasteiger partial charge < -0.3 is 20.2 Å². The molecule has 1 aliphatic carbocycles. The first-order valence-corrected chi connectivity index (χ1v) is 17.4. The van der Waals surface area contributed by atoms with Crippen LogP contribution in [0.15, 0.2) is 47.4 Å². The van der Waals surface area contributed by atoms with E-state index in [1.807, 2.05) is 37.8 Å². The number of nitrogens with zero attached hydrogens (tertiary/aromatic N) is 3. The Labute approximate surface area is 279 Å². The number of amides is 1. The van der Waals surface area contributed by atoms with Gasteiger partial charge in [-0.15, -0.1) is 0 Å². The summed E-state index contributed by atoms with van der Waals surface area (Å²) in [6.45, 7) is 17.7. The number of rotatable bonds is 6. The molecule has 46 heavy (non-hydrogen) atoms. The summed E-state index contributed by atoms with van der Waals surface area (Å²) in [7, 11) is -0.673. The van der Waals surface area contributed by atoms with Crippen LogP contribution in [-0.2, 0) is 11.0 Å². The summed E-state index contributed by atoms with van der Waals surface area (Å²) in [5, 5.41) is 7.00. The lowest BCUT2D eigenvalue weighted by Gasteiger charge is -2.37. The fourth-order valence-electron chi connectivity index (χ4n) is 6.25. The molecule has 10 heteroatoms. The van der Waals surface area contributed by atoms with Crippen LogP contribution >= 0.6 is 0 Å². The SMILES string of the molecule is CC.CO.Cc1cccc(C)c1-c1nc2nc(c1C)OC[C@@H](CC(C)C)N(CCC1CC(C)C1)C(=O)c1cccc(c1)S(=O)N2.O.[HH]. The average molecular weight is 657 g/mol. The third-order valence-electron chi connectivity index (χ3n) is 8.41. The van der Waals surface area contributed by atoms with Gasteiger partial charge in [-0.05, 0) is 93.5 Å². The Morgan fingerprint density at radius 3 is 2.30 bits per heavy atom. The number of hydrogen-bond acceptors (Lipinski definition) is 6. The van der Waals surface area contributed by atoms with Gasteiger partial charge in [-0.2, -0.15) is 4.98 Å². The maximum absolute atomic E-state index is 14.1. The van der Waals surface area contributed by atoms with E-state index in [9.17, 15) is 9.00 Å². The minimum Gasteiger partial charge on any atom is -0.475 e. The molecule has 1 amide bonds. The predicted molar refractivity (Wildman–Crippen MR) is 190 cm³/mol. The van der Waals surface area contributed by atoms with Crippen molar-refractivity contribution in [2.45, 2.75) is 92.0 Å². The number of nitrogens with one attached hydrogen (secondary N) is 1. The second kappa shape index (κ2) is 18.1. The summed E-state index contributed by atoms with van der Waals surface area (Å²) in [4.78, 5) is 26.1. The zero-order chi connectivity index (χ0) is 33.3. The Morgan fingerprint density at radius 2 is 1.70 bits per heavy atom. The Hall–Kier alpha value is -3.34. The zero-order valence-corrected chi connectivity index (χ0v) is 29.8. The molecule has 5 rings (SSSR count). The molecular formula is C36H56N4O5S. The standard InChI is InChI=1S/C33H42N4O3S.C2H6.CH4O.H2O.H2/c1-20(2)15-27-19-40-31-24(6)30(29-22(4)9-7-10-23(29)5)34-33(35-31)36-41(39)28-12-8-11-26(18-28)32(38)37(27)14-13-25-16-21(3)17-25;2*1-2;;/h7-12,18,20-21,25,27H,13-17,19H2,1-6H3,(H,34,35,36);1-2H3;2H,1H3;1H2;1H/t21?,25?,27-,41?;;;;/m1..../s1. The van der Waals surface area contributed by atoms with Gasteiger partial charge in [0.2, 0.25) is 11.8 Å². The summed E-state index contributed by atoms with van der Waals surface area (Å²) < 4.78 is 23.0. The summed E-state index contributed by atoms with van der Waals surface area (Å²) in [5.41, 5.74) is 5.31. The predicted octanol–water partition coefficient (Wildman–Crippen LogP) is 6.95. The Morgan fingerprint density at radius 1 is 1.07 bits per heavy atom. The van der Waals surface area contributed by atoms with Gasteiger partial charge >= 0.3 is 0 Å². The van der Waals surface area contributed by atoms with Crippen molar-refractivity contribution in [3.63, 3.8) is 0 Å². The number of fused-ring (bicyclic) bond motifs is 4. The van der Waals surface area contributed by atoms with E-state index in [-0.39, 0.29) is 24.8 Å². The van der Waals surface area contributed by atoms with E-state index in [1.54, 1.807) is 18.2 Å². The molecule has 4 N–H and O–H groups in total. The van der Waals surface area contributed by atoms with E-state index in [4.69, 9.17) is 19.8 Å². The van der Waals surface area contributed by atoms with Crippen molar-refractivity contribution in [2.24, 2.45) is 17.8 Å².